The van der Waals surface area contributed by atoms with Crippen LogP contribution in [0.15, 0.2) is 77.7 Å². The van der Waals surface area contributed by atoms with Crippen molar-refractivity contribution in [2.75, 3.05) is 17.9 Å². The normalized spacial score (nSPS) is 11.0. The summed E-state index contributed by atoms with van der Waals surface area (Å²) in [6.45, 7) is 1.93. The molecule has 3 aromatic carbocycles. The van der Waals surface area contributed by atoms with Crippen LogP contribution in [0, 0.1) is 0 Å². The first-order valence-electron chi connectivity index (χ1n) is 10.5. The molecule has 0 saturated heterocycles. The number of nitrogens with one attached hydrogen (secondary N) is 1. The smallest absolute Gasteiger partial charge is 0.303 e. The topological polar surface area (TPSA) is 119 Å². The zero-order valence-electron chi connectivity index (χ0n) is 18.6. The molecule has 3 aromatic rings. The summed E-state index contributed by atoms with van der Waals surface area (Å²) >= 11 is 0. The number of ether oxygens (including phenoxy) is 2. The van der Waals surface area contributed by atoms with Gasteiger partial charge in [-0.3, -0.25) is 14.3 Å². The summed E-state index contributed by atoms with van der Waals surface area (Å²) in [5.74, 6) is 0.153. The number of para-hydroxylation sites is 1. The SMILES string of the molecule is CC(=O)c1ccc(S(=O)(=O)Nc2ccc(OCCOc3ccccc3CCC(=O)O)cc2)cc1. The number of Topliss-reactive ketones (excluding diaryl/α,β-unsaturated/α-hetero) is 1. The van der Waals surface area contributed by atoms with Gasteiger partial charge in [0.25, 0.3) is 10.0 Å². The number of aryl methyl sites for hydroxylation is 1. The Labute approximate surface area is 198 Å². The lowest BCUT2D eigenvalue weighted by Crippen LogP contribution is -2.13. The number of carbonyl (C=O) groups is 2. The maximum Gasteiger partial charge on any atom is 0.303 e. The van der Waals surface area contributed by atoms with Crippen molar-refractivity contribution in [2.24, 2.45) is 0 Å². The Bertz CT molecular complexity index is 1240. The highest BCUT2D eigenvalue weighted by Crippen LogP contribution is 2.21. The van der Waals surface area contributed by atoms with Crippen LogP contribution in [0.5, 0.6) is 11.5 Å². The summed E-state index contributed by atoms with van der Waals surface area (Å²) in [6, 6.07) is 19.4. The summed E-state index contributed by atoms with van der Waals surface area (Å²) in [7, 11) is -3.79. The van der Waals surface area contributed by atoms with E-state index in [0.29, 0.717) is 29.2 Å². The third-order valence-corrected chi connectivity index (χ3v) is 6.27. The lowest BCUT2D eigenvalue weighted by atomic mass is 10.1. The maximum atomic E-state index is 12.5. The molecule has 178 valence electrons. The molecule has 0 saturated carbocycles. The van der Waals surface area contributed by atoms with Crippen molar-refractivity contribution in [3.05, 3.63) is 83.9 Å². The highest BCUT2D eigenvalue weighted by Gasteiger charge is 2.14. The molecular weight excluding hydrogens is 458 g/mol. The molecule has 34 heavy (non-hydrogen) atoms. The zero-order chi connectivity index (χ0) is 24.6. The maximum absolute atomic E-state index is 12.5. The van der Waals surface area contributed by atoms with E-state index in [4.69, 9.17) is 14.6 Å². The molecule has 0 unspecified atom stereocenters. The molecule has 2 N–H and O–H groups in total. The van der Waals surface area contributed by atoms with E-state index in [1.807, 2.05) is 18.2 Å². The molecule has 0 aromatic heterocycles. The van der Waals surface area contributed by atoms with Gasteiger partial charge in [-0.1, -0.05) is 30.3 Å². The fourth-order valence-corrected chi connectivity index (χ4v) is 4.16. The Morgan fingerprint density at radius 2 is 1.53 bits per heavy atom. The minimum atomic E-state index is -3.79. The van der Waals surface area contributed by atoms with Crippen molar-refractivity contribution in [1.82, 2.24) is 0 Å². The Balaban J connectivity index is 1.51. The number of anilines is 1. The molecule has 0 radical (unpaired) electrons. The van der Waals surface area contributed by atoms with E-state index in [9.17, 15) is 18.0 Å². The lowest BCUT2D eigenvalue weighted by molar-refractivity contribution is -0.136. The van der Waals surface area contributed by atoms with Crippen LogP contribution in [0.3, 0.4) is 0 Å². The molecule has 0 fully saturated rings. The van der Waals surface area contributed by atoms with Gasteiger partial charge in [0.15, 0.2) is 5.78 Å². The van der Waals surface area contributed by atoms with Crippen molar-refractivity contribution < 1.29 is 32.6 Å². The van der Waals surface area contributed by atoms with Gasteiger partial charge >= 0.3 is 5.97 Å². The zero-order valence-corrected chi connectivity index (χ0v) is 19.4. The molecule has 0 aliphatic carbocycles. The van der Waals surface area contributed by atoms with Crippen LogP contribution in [0.2, 0.25) is 0 Å². The predicted molar refractivity (Wildman–Crippen MR) is 127 cm³/mol. The van der Waals surface area contributed by atoms with Gasteiger partial charge in [-0.05, 0) is 61.4 Å². The van der Waals surface area contributed by atoms with Crippen molar-refractivity contribution in [2.45, 2.75) is 24.7 Å². The molecule has 0 heterocycles. The van der Waals surface area contributed by atoms with Gasteiger partial charge in [-0.25, -0.2) is 8.42 Å². The lowest BCUT2D eigenvalue weighted by Gasteiger charge is -2.12. The first-order chi connectivity index (χ1) is 16.2. The average Bonchev–Trinajstić information content (AvgIpc) is 2.82. The van der Waals surface area contributed by atoms with Gasteiger partial charge in [-0.15, -0.1) is 0 Å². The van der Waals surface area contributed by atoms with Crippen LogP contribution >= 0.6 is 0 Å². The summed E-state index contributed by atoms with van der Waals surface area (Å²) in [5.41, 5.74) is 1.62. The van der Waals surface area contributed by atoms with Gasteiger partial charge in [0.1, 0.15) is 24.7 Å². The van der Waals surface area contributed by atoms with Crippen molar-refractivity contribution in [1.29, 1.82) is 0 Å². The van der Waals surface area contributed by atoms with Gasteiger partial charge < -0.3 is 14.6 Å². The summed E-state index contributed by atoms with van der Waals surface area (Å²) < 4.78 is 39.0. The Morgan fingerprint density at radius 1 is 0.882 bits per heavy atom. The van der Waals surface area contributed by atoms with Crippen molar-refractivity contribution in [3.63, 3.8) is 0 Å². The van der Waals surface area contributed by atoms with E-state index in [1.165, 1.54) is 31.2 Å². The van der Waals surface area contributed by atoms with E-state index >= 15 is 0 Å². The Hall–Kier alpha value is -3.85. The summed E-state index contributed by atoms with van der Waals surface area (Å²) in [6.07, 6.45) is 0.404. The molecule has 9 heteroatoms. The number of sulfonamides is 1. The van der Waals surface area contributed by atoms with Crippen LogP contribution in [0.4, 0.5) is 5.69 Å². The van der Waals surface area contributed by atoms with Crippen LogP contribution in [0.1, 0.15) is 29.3 Å². The van der Waals surface area contributed by atoms with Crippen LogP contribution in [-0.4, -0.2) is 38.5 Å². The molecular formula is C25H25NO7S. The first kappa shape index (κ1) is 24.8. The van der Waals surface area contributed by atoms with E-state index in [2.05, 4.69) is 4.72 Å². The molecule has 0 spiro atoms. The highest BCUT2D eigenvalue weighted by atomic mass is 32.2. The van der Waals surface area contributed by atoms with E-state index in [1.54, 1.807) is 30.3 Å². The largest absolute Gasteiger partial charge is 0.490 e. The van der Waals surface area contributed by atoms with E-state index in [0.717, 1.165) is 5.56 Å². The van der Waals surface area contributed by atoms with Gasteiger partial charge in [-0.2, -0.15) is 0 Å². The number of carbonyl (C=O) groups excluding carboxylic acids is 1. The molecule has 8 nitrogen and oxygen atoms in total. The number of aliphatic carboxylic acids is 1. The standard InChI is InChI=1S/C25H25NO7S/c1-18(27)19-6-13-23(14-7-19)34(30,31)26-21-9-11-22(12-10-21)32-16-17-33-24-5-3-2-4-20(24)8-15-25(28)29/h2-7,9-14,26H,8,15-17H2,1H3,(H,28,29). The Kier molecular flexibility index (Phi) is 8.26. The minimum absolute atomic E-state index is 0.0245. The van der Waals surface area contributed by atoms with Crippen molar-refractivity contribution >= 4 is 27.5 Å². The fraction of sp³-hybridized carbons (Fsp3) is 0.200. The molecule has 0 bridgehead atoms. The molecule has 0 amide bonds. The van der Waals surface area contributed by atoms with Crippen LogP contribution in [-0.2, 0) is 21.2 Å². The molecule has 0 aliphatic heterocycles. The van der Waals surface area contributed by atoms with E-state index < -0.39 is 16.0 Å². The van der Waals surface area contributed by atoms with E-state index in [-0.39, 0.29) is 30.3 Å². The fourth-order valence-electron chi connectivity index (χ4n) is 3.11. The molecule has 0 aliphatic rings. The van der Waals surface area contributed by atoms with Crippen molar-refractivity contribution in [3.8, 4) is 11.5 Å². The number of carboxylic acid groups (broad SMARTS) is 1. The third kappa shape index (κ3) is 7.08. The number of benzene rings is 3. The van der Waals surface area contributed by atoms with Gasteiger partial charge in [0.2, 0.25) is 0 Å². The number of carboxylic acids is 1. The minimum Gasteiger partial charge on any atom is -0.490 e. The highest BCUT2D eigenvalue weighted by molar-refractivity contribution is 7.92. The molecule has 0 atom stereocenters. The van der Waals surface area contributed by atoms with Gasteiger partial charge in [0, 0.05) is 17.7 Å². The first-order valence-corrected chi connectivity index (χ1v) is 12.0. The summed E-state index contributed by atoms with van der Waals surface area (Å²) in [5, 5.41) is 8.86. The molecule has 3 rings (SSSR count). The second-order valence-electron chi connectivity index (χ2n) is 7.41. The second-order valence-corrected chi connectivity index (χ2v) is 9.09. The number of hydrogen-bond donors (Lipinski definition) is 2. The van der Waals surface area contributed by atoms with Gasteiger partial charge in [0.05, 0.1) is 4.90 Å². The Morgan fingerprint density at radius 3 is 2.18 bits per heavy atom. The van der Waals surface area contributed by atoms with Crippen LogP contribution < -0.4 is 14.2 Å². The summed E-state index contributed by atoms with van der Waals surface area (Å²) in [4.78, 5) is 22.2. The predicted octanol–water partition coefficient (Wildman–Crippen LogP) is 4.17. The monoisotopic (exact) mass is 483 g/mol. The quantitative estimate of drug-likeness (QED) is 0.293. The number of hydrogen-bond acceptors (Lipinski definition) is 6. The average molecular weight is 484 g/mol. The second kappa shape index (κ2) is 11.3. The number of rotatable bonds is 12. The number of ketones is 1. The van der Waals surface area contributed by atoms with Crippen LogP contribution in [0.25, 0.3) is 0 Å². The third-order valence-electron chi connectivity index (χ3n) is 4.87.